The highest BCUT2D eigenvalue weighted by molar-refractivity contribution is 5.96. The van der Waals surface area contributed by atoms with E-state index < -0.39 is 6.04 Å². The van der Waals surface area contributed by atoms with E-state index in [4.69, 9.17) is 10.5 Å². The van der Waals surface area contributed by atoms with Crippen LogP contribution in [0.2, 0.25) is 0 Å². The highest BCUT2D eigenvalue weighted by Crippen LogP contribution is 2.28. The van der Waals surface area contributed by atoms with Crippen molar-refractivity contribution < 1.29 is 14.6 Å². The molecule has 0 radical (unpaired) electrons. The monoisotopic (exact) mass is 252 g/mol. The van der Waals surface area contributed by atoms with Crippen molar-refractivity contribution in [2.75, 3.05) is 12.4 Å². The Morgan fingerprint density at radius 2 is 2.22 bits per heavy atom. The van der Waals surface area contributed by atoms with Gasteiger partial charge >= 0.3 is 0 Å². The van der Waals surface area contributed by atoms with Crippen LogP contribution in [0.4, 0.5) is 5.69 Å². The van der Waals surface area contributed by atoms with Gasteiger partial charge in [-0.15, -0.1) is 0 Å². The molecule has 0 aliphatic heterocycles. The van der Waals surface area contributed by atoms with Gasteiger partial charge in [-0.3, -0.25) is 4.79 Å². The molecule has 0 heterocycles. The standard InChI is InChI=1S/C13H20N2O3/c1-4-8(2)12(14)13(17)15-10-7-9(18-3)5-6-11(10)16/h5-8,12,16H,4,14H2,1-3H3,(H,15,17)/t8?,12-/m0/s1. The fourth-order valence-corrected chi connectivity index (χ4v) is 1.47. The smallest absolute Gasteiger partial charge is 0.241 e. The SMILES string of the molecule is CCC(C)[C@H](N)C(=O)Nc1cc(OC)ccc1O. The molecule has 0 aromatic heterocycles. The van der Waals surface area contributed by atoms with E-state index >= 15 is 0 Å². The van der Waals surface area contributed by atoms with Crippen LogP contribution in [0, 0.1) is 5.92 Å². The molecule has 0 saturated heterocycles. The van der Waals surface area contributed by atoms with Gasteiger partial charge in [0, 0.05) is 6.07 Å². The van der Waals surface area contributed by atoms with E-state index in [2.05, 4.69) is 5.32 Å². The molecule has 0 fully saturated rings. The summed E-state index contributed by atoms with van der Waals surface area (Å²) in [7, 11) is 1.52. The Morgan fingerprint density at radius 1 is 1.56 bits per heavy atom. The van der Waals surface area contributed by atoms with E-state index in [-0.39, 0.29) is 17.6 Å². The van der Waals surface area contributed by atoms with Crippen molar-refractivity contribution in [1.82, 2.24) is 0 Å². The third-order valence-electron chi connectivity index (χ3n) is 3.02. The summed E-state index contributed by atoms with van der Waals surface area (Å²) in [5.74, 6) is 0.311. The maximum absolute atomic E-state index is 11.9. The molecule has 5 heteroatoms. The molecule has 1 rings (SSSR count). The fourth-order valence-electron chi connectivity index (χ4n) is 1.47. The summed E-state index contributed by atoms with van der Waals surface area (Å²) in [4.78, 5) is 11.9. The van der Waals surface area contributed by atoms with E-state index in [0.717, 1.165) is 6.42 Å². The largest absolute Gasteiger partial charge is 0.506 e. The van der Waals surface area contributed by atoms with Crippen LogP contribution in [-0.4, -0.2) is 24.2 Å². The maximum Gasteiger partial charge on any atom is 0.241 e. The molecule has 18 heavy (non-hydrogen) atoms. The topological polar surface area (TPSA) is 84.6 Å². The minimum Gasteiger partial charge on any atom is -0.506 e. The summed E-state index contributed by atoms with van der Waals surface area (Å²) < 4.78 is 5.03. The van der Waals surface area contributed by atoms with Gasteiger partial charge in [0.25, 0.3) is 0 Å². The van der Waals surface area contributed by atoms with Gasteiger partial charge < -0.3 is 20.9 Å². The number of methoxy groups -OCH3 is 1. The first-order chi connectivity index (χ1) is 8.49. The molecule has 100 valence electrons. The number of phenolic OH excluding ortho intramolecular Hbond substituents is 1. The maximum atomic E-state index is 11.9. The Bertz CT molecular complexity index is 421. The summed E-state index contributed by atoms with van der Waals surface area (Å²) >= 11 is 0. The molecule has 2 atom stereocenters. The van der Waals surface area contributed by atoms with Crippen molar-refractivity contribution in [3.8, 4) is 11.5 Å². The van der Waals surface area contributed by atoms with Gasteiger partial charge in [-0.05, 0) is 18.1 Å². The Kier molecular flexibility index (Phi) is 4.97. The van der Waals surface area contributed by atoms with Crippen LogP contribution in [0.5, 0.6) is 11.5 Å². The molecule has 1 amide bonds. The normalized spacial score (nSPS) is 13.8. The first kappa shape index (κ1) is 14.3. The lowest BCUT2D eigenvalue weighted by Gasteiger charge is -2.18. The fraction of sp³-hybridized carbons (Fsp3) is 0.462. The number of amides is 1. The van der Waals surface area contributed by atoms with Gasteiger partial charge in [0.2, 0.25) is 5.91 Å². The number of hydrogen-bond acceptors (Lipinski definition) is 4. The van der Waals surface area contributed by atoms with Gasteiger partial charge in [-0.25, -0.2) is 0 Å². The predicted octanol–water partition coefficient (Wildman–Crippen LogP) is 1.71. The number of nitrogens with two attached hydrogens (primary N) is 1. The van der Waals surface area contributed by atoms with Crippen LogP contribution in [0.1, 0.15) is 20.3 Å². The molecule has 0 saturated carbocycles. The van der Waals surface area contributed by atoms with Gasteiger partial charge in [-0.1, -0.05) is 20.3 Å². The van der Waals surface area contributed by atoms with Crippen molar-refractivity contribution in [3.05, 3.63) is 18.2 Å². The van der Waals surface area contributed by atoms with Gasteiger partial charge in [0.05, 0.1) is 18.8 Å². The summed E-state index contributed by atoms with van der Waals surface area (Å²) in [6.07, 6.45) is 0.818. The van der Waals surface area contributed by atoms with Crippen LogP contribution in [0.25, 0.3) is 0 Å². The van der Waals surface area contributed by atoms with Crippen molar-refractivity contribution in [2.24, 2.45) is 11.7 Å². The number of phenols is 1. The molecule has 0 bridgehead atoms. The molecular formula is C13H20N2O3. The average Bonchev–Trinajstić information content (AvgIpc) is 2.39. The van der Waals surface area contributed by atoms with Crippen molar-refractivity contribution >= 4 is 11.6 Å². The summed E-state index contributed by atoms with van der Waals surface area (Å²) in [5, 5.41) is 12.3. The molecule has 1 aromatic carbocycles. The van der Waals surface area contributed by atoms with Crippen LogP contribution in [-0.2, 0) is 4.79 Å². The van der Waals surface area contributed by atoms with Crippen molar-refractivity contribution in [1.29, 1.82) is 0 Å². The molecule has 1 aromatic rings. The number of aromatic hydroxyl groups is 1. The average molecular weight is 252 g/mol. The van der Waals surface area contributed by atoms with Crippen molar-refractivity contribution in [2.45, 2.75) is 26.3 Å². The number of ether oxygens (including phenoxy) is 1. The lowest BCUT2D eigenvalue weighted by atomic mass is 9.99. The Morgan fingerprint density at radius 3 is 2.78 bits per heavy atom. The van der Waals surface area contributed by atoms with E-state index in [1.54, 1.807) is 12.1 Å². The van der Waals surface area contributed by atoms with E-state index in [0.29, 0.717) is 11.4 Å². The first-order valence-electron chi connectivity index (χ1n) is 5.93. The molecule has 5 nitrogen and oxygen atoms in total. The molecular weight excluding hydrogens is 232 g/mol. The zero-order chi connectivity index (χ0) is 13.7. The van der Waals surface area contributed by atoms with E-state index in [9.17, 15) is 9.90 Å². The Hall–Kier alpha value is -1.75. The molecule has 0 spiro atoms. The lowest BCUT2D eigenvalue weighted by Crippen LogP contribution is -2.40. The zero-order valence-electron chi connectivity index (χ0n) is 10.9. The number of nitrogens with one attached hydrogen (secondary N) is 1. The Balaban J connectivity index is 2.81. The second-order valence-corrected chi connectivity index (χ2v) is 4.28. The predicted molar refractivity (Wildman–Crippen MR) is 70.7 cm³/mol. The van der Waals surface area contributed by atoms with Crippen molar-refractivity contribution in [3.63, 3.8) is 0 Å². The lowest BCUT2D eigenvalue weighted by molar-refractivity contribution is -0.118. The minimum atomic E-state index is -0.597. The third-order valence-corrected chi connectivity index (χ3v) is 3.02. The number of carbonyl (C=O) groups excluding carboxylic acids is 1. The summed E-state index contributed by atoms with van der Waals surface area (Å²) in [6, 6.07) is 4.03. The minimum absolute atomic E-state index is 0.0134. The van der Waals surface area contributed by atoms with Crippen LogP contribution in [0.15, 0.2) is 18.2 Å². The van der Waals surface area contributed by atoms with Gasteiger partial charge in [0.15, 0.2) is 0 Å². The molecule has 0 aliphatic rings. The first-order valence-corrected chi connectivity index (χ1v) is 5.93. The summed E-state index contributed by atoms with van der Waals surface area (Å²) in [6.45, 7) is 3.89. The van der Waals surface area contributed by atoms with Crippen LogP contribution >= 0.6 is 0 Å². The second-order valence-electron chi connectivity index (χ2n) is 4.28. The quantitative estimate of drug-likeness (QED) is 0.696. The van der Waals surface area contributed by atoms with E-state index in [1.165, 1.54) is 13.2 Å². The second kappa shape index (κ2) is 6.26. The molecule has 0 aliphatic carbocycles. The third kappa shape index (κ3) is 3.37. The summed E-state index contributed by atoms with van der Waals surface area (Å²) in [5.41, 5.74) is 6.12. The van der Waals surface area contributed by atoms with Crippen LogP contribution in [0.3, 0.4) is 0 Å². The highest BCUT2D eigenvalue weighted by Gasteiger charge is 2.20. The zero-order valence-corrected chi connectivity index (χ0v) is 10.9. The Labute approximate surface area is 107 Å². The van der Waals surface area contributed by atoms with Crippen LogP contribution < -0.4 is 15.8 Å². The molecule has 1 unspecified atom stereocenters. The number of anilines is 1. The highest BCUT2D eigenvalue weighted by atomic mass is 16.5. The van der Waals surface area contributed by atoms with Gasteiger partial charge in [0.1, 0.15) is 11.5 Å². The number of carbonyl (C=O) groups is 1. The number of rotatable bonds is 5. The number of benzene rings is 1. The van der Waals surface area contributed by atoms with Gasteiger partial charge in [-0.2, -0.15) is 0 Å². The number of hydrogen-bond donors (Lipinski definition) is 3. The molecule has 4 N–H and O–H groups in total. The van der Waals surface area contributed by atoms with E-state index in [1.807, 2.05) is 13.8 Å².